The zero-order valence-electron chi connectivity index (χ0n) is 11.6. The van der Waals surface area contributed by atoms with Gasteiger partial charge in [0.25, 0.3) is 5.56 Å². The van der Waals surface area contributed by atoms with E-state index >= 15 is 0 Å². The van der Waals surface area contributed by atoms with Gasteiger partial charge in [0.1, 0.15) is 4.47 Å². The fraction of sp³-hybridized carbons (Fsp3) is 0.714. The smallest absolute Gasteiger partial charge is 0.283 e. The molecule has 1 heterocycles. The Morgan fingerprint density at radius 2 is 2.25 bits per heavy atom. The van der Waals surface area contributed by atoms with Crippen LogP contribution < -0.4 is 10.9 Å². The maximum absolute atomic E-state index is 12.2. The maximum atomic E-state index is 12.2. The molecule has 5 nitrogen and oxygen atoms in total. The van der Waals surface area contributed by atoms with Crippen molar-refractivity contribution in [2.24, 2.45) is 5.92 Å². The highest BCUT2D eigenvalue weighted by Crippen LogP contribution is 2.30. The lowest BCUT2D eigenvalue weighted by Crippen LogP contribution is -2.27. The van der Waals surface area contributed by atoms with E-state index in [0.29, 0.717) is 22.5 Å². The lowest BCUT2D eigenvalue weighted by atomic mass is 10.2. The number of hydrogen-bond acceptors (Lipinski definition) is 4. The number of halogens is 1. The lowest BCUT2D eigenvalue weighted by molar-refractivity contribution is 0.108. The topological polar surface area (TPSA) is 56.1 Å². The van der Waals surface area contributed by atoms with Crippen LogP contribution in [0.1, 0.15) is 32.1 Å². The van der Waals surface area contributed by atoms with E-state index in [-0.39, 0.29) is 5.56 Å². The first-order valence-corrected chi connectivity index (χ1v) is 8.01. The maximum Gasteiger partial charge on any atom is 0.283 e. The monoisotopic (exact) mass is 341 g/mol. The van der Waals surface area contributed by atoms with Gasteiger partial charge in [0.2, 0.25) is 0 Å². The average molecular weight is 342 g/mol. The zero-order valence-corrected chi connectivity index (χ0v) is 13.2. The van der Waals surface area contributed by atoms with Crippen molar-refractivity contribution >= 4 is 21.6 Å². The van der Waals surface area contributed by atoms with Crippen LogP contribution >= 0.6 is 15.9 Å². The molecule has 2 atom stereocenters. The molecule has 0 aromatic carbocycles. The van der Waals surface area contributed by atoms with Gasteiger partial charge in [-0.25, -0.2) is 4.68 Å². The van der Waals surface area contributed by atoms with Gasteiger partial charge in [-0.15, -0.1) is 0 Å². The highest BCUT2D eigenvalue weighted by molar-refractivity contribution is 9.10. The summed E-state index contributed by atoms with van der Waals surface area (Å²) in [4.78, 5) is 12.2. The molecule has 110 valence electrons. The minimum absolute atomic E-state index is 0.0387. The van der Waals surface area contributed by atoms with Crippen molar-refractivity contribution in [2.45, 2.75) is 50.8 Å². The standard InChI is InChI=1S/C14H20BrN3O2/c1-20-11-5-4-10(6-11)17-12-7-16-18(8-9-2-3-9)14(19)13(12)15/h7,9-11,17H,2-6,8H2,1H3. The molecule has 20 heavy (non-hydrogen) atoms. The Kier molecular flexibility index (Phi) is 4.12. The Morgan fingerprint density at radius 1 is 1.45 bits per heavy atom. The number of anilines is 1. The molecule has 1 aromatic heterocycles. The van der Waals surface area contributed by atoms with E-state index in [0.717, 1.165) is 31.5 Å². The summed E-state index contributed by atoms with van der Waals surface area (Å²) in [7, 11) is 1.75. The summed E-state index contributed by atoms with van der Waals surface area (Å²) < 4.78 is 7.53. The Morgan fingerprint density at radius 3 is 2.90 bits per heavy atom. The number of methoxy groups -OCH3 is 1. The van der Waals surface area contributed by atoms with Gasteiger partial charge in [0, 0.05) is 19.7 Å². The molecule has 0 radical (unpaired) electrons. The molecular weight excluding hydrogens is 322 g/mol. The van der Waals surface area contributed by atoms with Crippen LogP contribution in [-0.2, 0) is 11.3 Å². The molecule has 2 unspecified atom stereocenters. The fourth-order valence-corrected chi connectivity index (χ4v) is 3.17. The Balaban J connectivity index is 1.70. The Labute approximate surface area is 126 Å². The summed E-state index contributed by atoms with van der Waals surface area (Å²) in [5.74, 6) is 0.642. The normalized spacial score (nSPS) is 25.9. The molecule has 3 rings (SSSR count). The third-order valence-electron chi connectivity index (χ3n) is 4.19. The lowest BCUT2D eigenvalue weighted by Gasteiger charge is -2.16. The van der Waals surface area contributed by atoms with Gasteiger partial charge >= 0.3 is 0 Å². The van der Waals surface area contributed by atoms with E-state index in [1.165, 1.54) is 12.8 Å². The van der Waals surface area contributed by atoms with E-state index < -0.39 is 0 Å². The van der Waals surface area contributed by atoms with Gasteiger partial charge in [-0.3, -0.25) is 4.79 Å². The molecule has 0 amide bonds. The van der Waals surface area contributed by atoms with Crippen molar-refractivity contribution < 1.29 is 4.74 Å². The van der Waals surface area contributed by atoms with Crippen LogP contribution in [0.4, 0.5) is 5.69 Å². The van der Waals surface area contributed by atoms with Crippen LogP contribution in [0.3, 0.4) is 0 Å². The second kappa shape index (κ2) is 5.85. The molecule has 2 aliphatic carbocycles. The number of rotatable bonds is 5. The second-order valence-electron chi connectivity index (χ2n) is 5.81. The van der Waals surface area contributed by atoms with Gasteiger partial charge < -0.3 is 10.1 Å². The molecule has 2 aliphatic rings. The Bertz CT molecular complexity index is 542. The van der Waals surface area contributed by atoms with E-state index in [4.69, 9.17) is 4.74 Å². The minimum atomic E-state index is -0.0387. The SMILES string of the molecule is COC1CCC(Nc2cnn(CC3CC3)c(=O)c2Br)C1. The fourth-order valence-electron chi connectivity index (χ4n) is 2.75. The molecule has 1 N–H and O–H groups in total. The van der Waals surface area contributed by atoms with E-state index in [2.05, 4.69) is 26.3 Å². The molecule has 0 saturated heterocycles. The summed E-state index contributed by atoms with van der Waals surface area (Å²) in [6.45, 7) is 0.743. The van der Waals surface area contributed by atoms with Crippen molar-refractivity contribution in [1.82, 2.24) is 9.78 Å². The molecule has 0 bridgehead atoms. The van der Waals surface area contributed by atoms with Crippen LogP contribution in [-0.4, -0.2) is 29.0 Å². The number of nitrogens with one attached hydrogen (secondary N) is 1. The summed E-state index contributed by atoms with van der Waals surface area (Å²) >= 11 is 3.41. The van der Waals surface area contributed by atoms with Crippen molar-refractivity contribution in [3.05, 3.63) is 21.0 Å². The van der Waals surface area contributed by atoms with Crippen molar-refractivity contribution in [1.29, 1.82) is 0 Å². The predicted molar refractivity (Wildman–Crippen MR) is 81.0 cm³/mol. The van der Waals surface area contributed by atoms with E-state index in [1.807, 2.05) is 0 Å². The largest absolute Gasteiger partial charge is 0.381 e. The first-order valence-electron chi connectivity index (χ1n) is 7.22. The molecule has 2 fully saturated rings. The predicted octanol–water partition coefficient (Wildman–Crippen LogP) is 2.40. The average Bonchev–Trinajstić information content (AvgIpc) is 3.15. The number of hydrogen-bond donors (Lipinski definition) is 1. The number of nitrogens with zero attached hydrogens (tertiary/aromatic N) is 2. The van der Waals surface area contributed by atoms with Crippen LogP contribution in [0.25, 0.3) is 0 Å². The number of aromatic nitrogens is 2. The summed E-state index contributed by atoms with van der Waals surface area (Å²) in [6.07, 6.45) is 7.63. The van der Waals surface area contributed by atoms with E-state index in [9.17, 15) is 4.79 Å². The van der Waals surface area contributed by atoms with Crippen molar-refractivity contribution in [3.8, 4) is 0 Å². The molecule has 1 aromatic rings. The van der Waals surface area contributed by atoms with Gasteiger partial charge in [-0.05, 0) is 54.0 Å². The van der Waals surface area contributed by atoms with Gasteiger partial charge in [0.05, 0.1) is 18.0 Å². The van der Waals surface area contributed by atoms with Crippen LogP contribution in [0.2, 0.25) is 0 Å². The highest BCUT2D eigenvalue weighted by Gasteiger charge is 2.26. The number of ether oxygens (including phenoxy) is 1. The van der Waals surface area contributed by atoms with Crippen molar-refractivity contribution in [3.63, 3.8) is 0 Å². The minimum Gasteiger partial charge on any atom is -0.381 e. The van der Waals surface area contributed by atoms with Gasteiger partial charge in [-0.2, -0.15) is 5.10 Å². The van der Waals surface area contributed by atoms with E-state index in [1.54, 1.807) is 18.0 Å². The third-order valence-corrected chi connectivity index (χ3v) is 4.96. The third kappa shape index (κ3) is 3.06. The highest BCUT2D eigenvalue weighted by atomic mass is 79.9. The quantitative estimate of drug-likeness (QED) is 0.893. The second-order valence-corrected chi connectivity index (χ2v) is 6.61. The first-order chi connectivity index (χ1) is 9.67. The molecule has 0 aliphatic heterocycles. The van der Waals surface area contributed by atoms with Crippen LogP contribution in [0.15, 0.2) is 15.5 Å². The zero-order chi connectivity index (χ0) is 14.1. The molecule has 2 saturated carbocycles. The summed E-state index contributed by atoms with van der Waals surface area (Å²) in [5, 5.41) is 7.69. The van der Waals surface area contributed by atoms with Crippen LogP contribution in [0, 0.1) is 5.92 Å². The molecule has 6 heteroatoms. The van der Waals surface area contributed by atoms with Gasteiger partial charge in [0.15, 0.2) is 0 Å². The molecular formula is C14H20BrN3O2. The van der Waals surface area contributed by atoms with Crippen molar-refractivity contribution in [2.75, 3.05) is 12.4 Å². The van der Waals surface area contributed by atoms with Gasteiger partial charge in [-0.1, -0.05) is 0 Å². The Hall–Kier alpha value is -0.880. The molecule has 0 spiro atoms. The summed E-state index contributed by atoms with van der Waals surface area (Å²) in [6, 6.07) is 0.358. The first kappa shape index (κ1) is 14.1. The van der Waals surface area contributed by atoms with Crippen LogP contribution in [0.5, 0.6) is 0 Å². The summed E-state index contributed by atoms with van der Waals surface area (Å²) in [5.41, 5.74) is 0.756.